The van der Waals surface area contributed by atoms with Gasteiger partial charge in [-0.3, -0.25) is 4.79 Å². The maximum atomic E-state index is 13.2. The van der Waals surface area contributed by atoms with Gasteiger partial charge in [-0.25, -0.2) is 0 Å². The van der Waals surface area contributed by atoms with Crippen LogP contribution >= 0.6 is 12.2 Å². The summed E-state index contributed by atoms with van der Waals surface area (Å²) in [6.45, 7) is 12.4. The first-order chi connectivity index (χ1) is 12.9. The molecule has 0 atom stereocenters. The Morgan fingerprint density at radius 1 is 1.04 bits per heavy atom. The summed E-state index contributed by atoms with van der Waals surface area (Å²) in [7, 11) is 0. The van der Waals surface area contributed by atoms with Crippen LogP contribution in [0.2, 0.25) is 0 Å². The highest BCUT2D eigenvalue weighted by molar-refractivity contribution is 7.71. The van der Waals surface area contributed by atoms with Gasteiger partial charge < -0.3 is 14.7 Å². The number of fused-ring (bicyclic) bond motifs is 1. The summed E-state index contributed by atoms with van der Waals surface area (Å²) in [4.78, 5) is 16.4. The number of hydrogen-bond donors (Lipinski definition) is 2. The quantitative estimate of drug-likeness (QED) is 0.429. The second kappa shape index (κ2) is 6.89. The monoisotopic (exact) mass is 396 g/mol. The van der Waals surface area contributed by atoms with Crippen molar-refractivity contribution in [3.63, 3.8) is 0 Å². The van der Waals surface area contributed by atoms with Gasteiger partial charge in [0.2, 0.25) is 0 Å². The fourth-order valence-corrected chi connectivity index (χ4v) is 3.71. The van der Waals surface area contributed by atoms with E-state index < -0.39 is 0 Å². The van der Waals surface area contributed by atoms with Crippen molar-refractivity contribution in [1.29, 1.82) is 0 Å². The van der Waals surface area contributed by atoms with Crippen molar-refractivity contribution in [2.45, 2.75) is 58.9 Å². The summed E-state index contributed by atoms with van der Waals surface area (Å²) in [5.41, 5.74) is 3.43. The summed E-state index contributed by atoms with van der Waals surface area (Å²) in [6, 6.07) is 11.4. The number of nitrogens with one attached hydrogen (secondary N) is 1. The normalized spacial score (nSPS) is 12.5. The molecule has 0 fully saturated rings. The third-order valence-electron chi connectivity index (χ3n) is 5.03. The molecule has 0 aliphatic heterocycles. The number of phenols is 1. The molecule has 0 radical (unpaired) electrons. The minimum absolute atomic E-state index is 0.0307. The van der Waals surface area contributed by atoms with Crippen LogP contribution in [0.15, 0.2) is 36.4 Å². The average Bonchev–Trinajstić information content (AvgIpc) is 2.88. The van der Waals surface area contributed by atoms with Crippen LogP contribution in [0.3, 0.4) is 0 Å². The van der Waals surface area contributed by atoms with Gasteiger partial charge in [0.25, 0.3) is 0 Å². The van der Waals surface area contributed by atoms with Crippen LogP contribution in [0.25, 0.3) is 11.0 Å². The number of Topliss-reactive ketones (excluding diaryl/α,β-unsaturated/α-hetero) is 1. The predicted octanol–water partition coefficient (Wildman–Crippen LogP) is 5.88. The summed E-state index contributed by atoms with van der Waals surface area (Å²) in [5.74, 6) is 0.247. The maximum Gasteiger partial charge on any atom is 0.182 e. The first-order valence-electron chi connectivity index (χ1n) is 9.48. The standard InChI is InChI=1S/C23H28N2O2S/c1-22(2,3)15-11-14(12-16(20(15)27)23(4,5)6)19(26)13-25-18-10-8-7-9-17(18)24-21(25)28/h7-12,27H,13H2,1-6H3,(H,24,28). The van der Waals surface area contributed by atoms with Crippen LogP contribution in [0.1, 0.15) is 63.0 Å². The molecular weight excluding hydrogens is 368 g/mol. The Bertz CT molecular complexity index is 1070. The molecule has 148 valence electrons. The Labute approximate surface area is 171 Å². The minimum Gasteiger partial charge on any atom is -0.507 e. The summed E-state index contributed by atoms with van der Waals surface area (Å²) < 4.78 is 2.35. The lowest BCUT2D eigenvalue weighted by Gasteiger charge is -2.28. The van der Waals surface area contributed by atoms with Gasteiger partial charge in [0.1, 0.15) is 5.75 Å². The van der Waals surface area contributed by atoms with E-state index in [9.17, 15) is 9.90 Å². The van der Waals surface area contributed by atoms with E-state index in [2.05, 4.69) is 4.98 Å². The van der Waals surface area contributed by atoms with Gasteiger partial charge in [-0.15, -0.1) is 0 Å². The molecule has 0 saturated carbocycles. The average molecular weight is 397 g/mol. The number of hydrogen-bond acceptors (Lipinski definition) is 3. The van der Waals surface area contributed by atoms with E-state index in [4.69, 9.17) is 12.2 Å². The third kappa shape index (κ3) is 3.76. The molecule has 2 N–H and O–H groups in total. The van der Waals surface area contributed by atoms with Crippen molar-refractivity contribution in [3.05, 3.63) is 57.9 Å². The molecule has 0 saturated heterocycles. The molecular formula is C23H28N2O2S. The van der Waals surface area contributed by atoms with Crippen molar-refractivity contribution >= 4 is 29.0 Å². The number of rotatable bonds is 3. The molecule has 2 aromatic carbocycles. The molecule has 0 unspecified atom stereocenters. The van der Waals surface area contributed by atoms with Gasteiger partial charge in [0.05, 0.1) is 17.6 Å². The number of nitrogens with zero attached hydrogens (tertiary/aromatic N) is 1. The number of aromatic hydroxyl groups is 1. The number of carbonyl (C=O) groups excluding carboxylic acids is 1. The highest BCUT2D eigenvalue weighted by Gasteiger charge is 2.28. The number of aromatic amines is 1. The molecule has 3 rings (SSSR count). The van der Waals surface area contributed by atoms with Crippen LogP contribution in [-0.2, 0) is 17.4 Å². The molecule has 3 aromatic rings. The molecule has 1 heterocycles. The van der Waals surface area contributed by atoms with E-state index in [0.29, 0.717) is 10.3 Å². The van der Waals surface area contributed by atoms with Crippen LogP contribution in [0.4, 0.5) is 0 Å². The van der Waals surface area contributed by atoms with Crippen molar-refractivity contribution in [2.75, 3.05) is 0 Å². The molecule has 4 nitrogen and oxygen atoms in total. The molecule has 0 amide bonds. The zero-order valence-corrected chi connectivity index (χ0v) is 18.2. The number of imidazole rings is 1. The van der Waals surface area contributed by atoms with Crippen molar-refractivity contribution in [1.82, 2.24) is 9.55 Å². The number of carbonyl (C=O) groups is 1. The van der Waals surface area contributed by atoms with Crippen molar-refractivity contribution in [2.24, 2.45) is 0 Å². The van der Waals surface area contributed by atoms with E-state index >= 15 is 0 Å². The predicted molar refractivity (Wildman–Crippen MR) is 117 cm³/mol. The number of aromatic nitrogens is 2. The third-order valence-corrected chi connectivity index (χ3v) is 5.35. The zero-order valence-electron chi connectivity index (χ0n) is 17.4. The van der Waals surface area contributed by atoms with E-state index in [-0.39, 0.29) is 28.9 Å². The SMILES string of the molecule is CC(C)(C)c1cc(C(=O)Cn2c(=S)[nH]c3ccccc32)cc(C(C)(C)C)c1O. The largest absolute Gasteiger partial charge is 0.507 e. The molecule has 1 aromatic heterocycles. The highest BCUT2D eigenvalue weighted by Crippen LogP contribution is 2.40. The lowest BCUT2D eigenvalue weighted by atomic mass is 9.78. The van der Waals surface area contributed by atoms with E-state index in [0.717, 1.165) is 22.2 Å². The van der Waals surface area contributed by atoms with Crippen LogP contribution in [-0.4, -0.2) is 20.4 Å². The second-order valence-corrected chi connectivity index (χ2v) is 9.76. The van der Waals surface area contributed by atoms with Gasteiger partial charge in [-0.1, -0.05) is 53.7 Å². The molecule has 0 spiro atoms. The number of H-pyrrole nitrogens is 1. The number of phenolic OH excluding ortho intramolecular Hbond substituents is 1. The Balaban J connectivity index is 2.11. The zero-order chi connectivity index (χ0) is 20.9. The Kier molecular flexibility index (Phi) is 5.00. The molecule has 0 aliphatic carbocycles. The molecule has 0 aliphatic rings. The fourth-order valence-electron chi connectivity index (χ4n) is 3.44. The Morgan fingerprint density at radius 2 is 1.57 bits per heavy atom. The van der Waals surface area contributed by atoms with Crippen LogP contribution in [0.5, 0.6) is 5.75 Å². The van der Waals surface area contributed by atoms with E-state index in [1.165, 1.54) is 0 Å². The van der Waals surface area contributed by atoms with Crippen LogP contribution in [0, 0.1) is 4.77 Å². The van der Waals surface area contributed by atoms with E-state index in [1.807, 2.05) is 82.5 Å². The second-order valence-electron chi connectivity index (χ2n) is 9.38. The highest BCUT2D eigenvalue weighted by atomic mass is 32.1. The van der Waals surface area contributed by atoms with Crippen LogP contribution < -0.4 is 0 Å². The number of benzene rings is 2. The molecule has 5 heteroatoms. The summed E-state index contributed by atoms with van der Waals surface area (Å²) >= 11 is 5.43. The van der Waals surface area contributed by atoms with Crippen molar-refractivity contribution in [3.8, 4) is 5.75 Å². The van der Waals surface area contributed by atoms with Gasteiger partial charge in [0, 0.05) is 16.7 Å². The molecule has 28 heavy (non-hydrogen) atoms. The fraction of sp³-hybridized carbons (Fsp3) is 0.391. The smallest absolute Gasteiger partial charge is 0.182 e. The lowest BCUT2D eigenvalue weighted by Crippen LogP contribution is -2.20. The van der Waals surface area contributed by atoms with E-state index in [1.54, 1.807) is 0 Å². The lowest BCUT2D eigenvalue weighted by molar-refractivity contribution is 0.0972. The summed E-state index contributed by atoms with van der Waals surface area (Å²) in [6.07, 6.45) is 0. The number of para-hydroxylation sites is 2. The molecule has 0 bridgehead atoms. The van der Waals surface area contributed by atoms with Gasteiger partial charge in [0.15, 0.2) is 10.6 Å². The van der Waals surface area contributed by atoms with Crippen molar-refractivity contribution < 1.29 is 9.90 Å². The Morgan fingerprint density at radius 3 is 2.11 bits per heavy atom. The number of ketones is 1. The summed E-state index contributed by atoms with van der Waals surface area (Å²) in [5, 5.41) is 10.9. The van der Waals surface area contributed by atoms with Gasteiger partial charge >= 0.3 is 0 Å². The topological polar surface area (TPSA) is 58.0 Å². The van der Waals surface area contributed by atoms with Gasteiger partial charge in [-0.05, 0) is 47.3 Å². The minimum atomic E-state index is -0.280. The first kappa shape index (κ1) is 20.3. The maximum absolute atomic E-state index is 13.2. The first-order valence-corrected chi connectivity index (χ1v) is 9.89. The Hall–Kier alpha value is -2.40. The van der Waals surface area contributed by atoms with Gasteiger partial charge in [-0.2, -0.15) is 0 Å².